The first-order chi connectivity index (χ1) is 11.5. The largest absolute Gasteiger partial charge is 0.348 e. The van der Waals surface area contributed by atoms with Crippen LogP contribution in [0.2, 0.25) is 0 Å². The monoisotopic (exact) mass is 347 g/mol. The topological polar surface area (TPSA) is 88.2 Å². The summed E-state index contributed by atoms with van der Waals surface area (Å²) in [5.41, 5.74) is 1.23. The second-order valence-corrected chi connectivity index (χ2v) is 7.08. The summed E-state index contributed by atoms with van der Waals surface area (Å²) in [6, 6.07) is 9.63. The molecular weight excluding hydrogens is 326 g/mol. The number of sulfonamides is 1. The highest BCUT2D eigenvalue weighted by Crippen LogP contribution is 2.12. The fraction of sp³-hybridized carbons (Fsp3) is 0.294. The van der Waals surface area contributed by atoms with Gasteiger partial charge in [0.15, 0.2) is 0 Å². The highest BCUT2D eigenvalue weighted by Gasteiger charge is 2.15. The van der Waals surface area contributed by atoms with Gasteiger partial charge >= 0.3 is 0 Å². The summed E-state index contributed by atoms with van der Waals surface area (Å²) in [6.07, 6.45) is 4.97. The number of unbranched alkanes of at least 4 members (excludes halogenated alkanes) is 1. The van der Waals surface area contributed by atoms with Crippen molar-refractivity contribution in [2.24, 2.45) is 0 Å². The fourth-order valence-electron chi connectivity index (χ4n) is 2.06. The van der Waals surface area contributed by atoms with Crippen molar-refractivity contribution in [2.45, 2.75) is 31.2 Å². The highest BCUT2D eigenvalue weighted by atomic mass is 32.2. The van der Waals surface area contributed by atoms with Crippen LogP contribution in [0.1, 0.15) is 35.7 Å². The van der Waals surface area contributed by atoms with Gasteiger partial charge in [-0.3, -0.25) is 9.78 Å². The molecule has 24 heavy (non-hydrogen) atoms. The zero-order valence-corrected chi connectivity index (χ0v) is 14.3. The summed E-state index contributed by atoms with van der Waals surface area (Å²) < 4.78 is 27.0. The summed E-state index contributed by atoms with van der Waals surface area (Å²) in [5, 5.41) is 2.76. The van der Waals surface area contributed by atoms with Crippen molar-refractivity contribution >= 4 is 15.9 Å². The van der Waals surface area contributed by atoms with Crippen LogP contribution in [0.3, 0.4) is 0 Å². The first-order valence-electron chi connectivity index (χ1n) is 7.80. The molecular formula is C17H21N3O3S. The number of benzene rings is 1. The number of rotatable bonds is 8. The van der Waals surface area contributed by atoms with Crippen LogP contribution in [0.15, 0.2) is 53.7 Å². The van der Waals surface area contributed by atoms with Crippen LogP contribution in [0, 0.1) is 0 Å². The number of carbonyl (C=O) groups is 1. The Morgan fingerprint density at radius 1 is 1.17 bits per heavy atom. The molecule has 2 aromatic rings. The Hall–Kier alpha value is -2.25. The maximum atomic E-state index is 12.2. The van der Waals surface area contributed by atoms with E-state index in [1.165, 1.54) is 12.1 Å². The van der Waals surface area contributed by atoms with E-state index in [9.17, 15) is 13.2 Å². The standard InChI is InChI=1S/C17H21N3O3S/c1-2-3-9-20-24(22,23)16-6-4-5-15(12-16)17(21)19-13-14-7-10-18-11-8-14/h4-8,10-12,20H,2-3,9,13H2,1H3,(H,19,21). The molecule has 0 saturated heterocycles. The SMILES string of the molecule is CCCCNS(=O)(=O)c1cccc(C(=O)NCc2ccncc2)c1. The summed E-state index contributed by atoms with van der Waals surface area (Å²) >= 11 is 0. The number of pyridine rings is 1. The molecule has 0 spiro atoms. The molecule has 0 saturated carbocycles. The first-order valence-corrected chi connectivity index (χ1v) is 9.28. The van der Waals surface area contributed by atoms with Crippen LogP contribution in [0.4, 0.5) is 0 Å². The van der Waals surface area contributed by atoms with Crippen molar-refractivity contribution in [3.63, 3.8) is 0 Å². The second-order valence-electron chi connectivity index (χ2n) is 5.32. The van der Waals surface area contributed by atoms with E-state index in [1.54, 1.807) is 36.7 Å². The van der Waals surface area contributed by atoms with Crippen molar-refractivity contribution in [1.29, 1.82) is 0 Å². The molecule has 0 radical (unpaired) electrons. The molecule has 0 aliphatic heterocycles. The van der Waals surface area contributed by atoms with Gasteiger partial charge < -0.3 is 5.32 Å². The maximum absolute atomic E-state index is 12.2. The summed E-state index contributed by atoms with van der Waals surface area (Å²) in [6.45, 7) is 2.73. The predicted molar refractivity (Wildman–Crippen MR) is 91.9 cm³/mol. The number of hydrogen-bond donors (Lipinski definition) is 2. The van der Waals surface area contributed by atoms with Crippen LogP contribution >= 0.6 is 0 Å². The number of amides is 1. The number of carbonyl (C=O) groups excluding carboxylic acids is 1. The van der Waals surface area contributed by atoms with E-state index in [0.29, 0.717) is 18.7 Å². The van der Waals surface area contributed by atoms with E-state index >= 15 is 0 Å². The van der Waals surface area contributed by atoms with E-state index in [1.807, 2.05) is 6.92 Å². The minimum atomic E-state index is -3.59. The Labute approximate surface area is 142 Å². The predicted octanol–water partition coefficient (Wildman–Crippen LogP) is 2.09. The number of nitrogens with zero attached hydrogens (tertiary/aromatic N) is 1. The third-order valence-corrected chi connectivity index (χ3v) is 4.89. The van der Waals surface area contributed by atoms with Crippen LogP contribution in [0.5, 0.6) is 0 Å². The van der Waals surface area contributed by atoms with Crippen molar-refractivity contribution in [2.75, 3.05) is 6.54 Å². The molecule has 6 nitrogen and oxygen atoms in total. The summed E-state index contributed by atoms with van der Waals surface area (Å²) in [4.78, 5) is 16.2. The van der Waals surface area contributed by atoms with Crippen LogP contribution < -0.4 is 10.0 Å². The van der Waals surface area contributed by atoms with Gasteiger partial charge in [0, 0.05) is 31.0 Å². The molecule has 0 atom stereocenters. The van der Waals surface area contributed by atoms with E-state index in [0.717, 1.165) is 18.4 Å². The maximum Gasteiger partial charge on any atom is 0.251 e. The lowest BCUT2D eigenvalue weighted by atomic mass is 10.2. The van der Waals surface area contributed by atoms with Gasteiger partial charge in [-0.2, -0.15) is 0 Å². The van der Waals surface area contributed by atoms with Gasteiger partial charge in [0.05, 0.1) is 4.90 Å². The third-order valence-electron chi connectivity index (χ3n) is 3.43. The van der Waals surface area contributed by atoms with Gasteiger partial charge in [-0.1, -0.05) is 19.4 Å². The quantitative estimate of drug-likeness (QED) is 0.716. The molecule has 0 aliphatic rings. The minimum absolute atomic E-state index is 0.0927. The second kappa shape index (κ2) is 8.56. The summed E-state index contributed by atoms with van der Waals surface area (Å²) in [5.74, 6) is -0.322. The van der Waals surface area contributed by atoms with Crippen molar-refractivity contribution in [1.82, 2.24) is 15.0 Å². The smallest absolute Gasteiger partial charge is 0.251 e. The summed E-state index contributed by atoms with van der Waals surface area (Å²) in [7, 11) is -3.59. The molecule has 1 amide bonds. The lowest BCUT2D eigenvalue weighted by Gasteiger charge is -2.09. The molecule has 7 heteroatoms. The molecule has 0 unspecified atom stereocenters. The van der Waals surface area contributed by atoms with Gasteiger partial charge in [-0.25, -0.2) is 13.1 Å². The van der Waals surface area contributed by atoms with Gasteiger partial charge in [0.1, 0.15) is 0 Å². The van der Waals surface area contributed by atoms with E-state index in [2.05, 4.69) is 15.0 Å². The zero-order chi connectivity index (χ0) is 17.4. The highest BCUT2D eigenvalue weighted by molar-refractivity contribution is 7.89. The lowest BCUT2D eigenvalue weighted by Crippen LogP contribution is -2.26. The Morgan fingerprint density at radius 2 is 1.92 bits per heavy atom. The molecule has 0 bridgehead atoms. The Morgan fingerprint density at radius 3 is 2.62 bits per heavy atom. The van der Waals surface area contributed by atoms with Crippen LogP contribution in [0.25, 0.3) is 0 Å². The third kappa shape index (κ3) is 5.14. The molecule has 0 fully saturated rings. The molecule has 2 rings (SSSR count). The Kier molecular flexibility index (Phi) is 6.45. The van der Waals surface area contributed by atoms with Crippen LogP contribution in [-0.2, 0) is 16.6 Å². The Balaban J connectivity index is 2.05. The molecule has 2 N–H and O–H groups in total. The van der Waals surface area contributed by atoms with Crippen molar-refractivity contribution in [3.8, 4) is 0 Å². The van der Waals surface area contributed by atoms with Crippen molar-refractivity contribution in [3.05, 3.63) is 59.9 Å². The average molecular weight is 347 g/mol. The average Bonchev–Trinajstić information content (AvgIpc) is 2.61. The minimum Gasteiger partial charge on any atom is -0.348 e. The van der Waals surface area contributed by atoms with Gasteiger partial charge in [-0.05, 0) is 42.3 Å². The van der Waals surface area contributed by atoms with Crippen molar-refractivity contribution < 1.29 is 13.2 Å². The Bertz CT molecular complexity index is 777. The molecule has 1 aromatic heterocycles. The van der Waals surface area contributed by atoms with E-state index in [4.69, 9.17) is 0 Å². The normalized spacial score (nSPS) is 11.2. The molecule has 1 heterocycles. The molecule has 1 aromatic carbocycles. The molecule has 128 valence electrons. The lowest BCUT2D eigenvalue weighted by molar-refractivity contribution is 0.0950. The van der Waals surface area contributed by atoms with E-state index < -0.39 is 10.0 Å². The first kappa shape index (κ1) is 18.1. The number of hydrogen-bond acceptors (Lipinski definition) is 4. The zero-order valence-electron chi connectivity index (χ0n) is 13.5. The van der Waals surface area contributed by atoms with Gasteiger partial charge in [0.25, 0.3) is 5.91 Å². The number of nitrogens with one attached hydrogen (secondary N) is 2. The fourth-order valence-corrected chi connectivity index (χ4v) is 3.18. The van der Waals surface area contributed by atoms with Crippen LogP contribution in [-0.4, -0.2) is 25.9 Å². The van der Waals surface area contributed by atoms with Gasteiger partial charge in [0.2, 0.25) is 10.0 Å². The molecule has 0 aliphatic carbocycles. The van der Waals surface area contributed by atoms with Gasteiger partial charge in [-0.15, -0.1) is 0 Å². The number of aromatic nitrogens is 1. The van der Waals surface area contributed by atoms with E-state index in [-0.39, 0.29) is 10.8 Å².